The van der Waals surface area contributed by atoms with E-state index in [1.165, 1.54) is 12.3 Å². The van der Waals surface area contributed by atoms with Gasteiger partial charge in [-0.25, -0.2) is 9.37 Å². The van der Waals surface area contributed by atoms with Crippen LogP contribution in [0.15, 0.2) is 12.3 Å². The maximum atomic E-state index is 13.6. The Balaban J connectivity index is 2.19. The molecule has 0 aromatic carbocycles. The fourth-order valence-corrected chi connectivity index (χ4v) is 2.16. The summed E-state index contributed by atoms with van der Waals surface area (Å²) in [4.78, 5) is 16.5. The van der Waals surface area contributed by atoms with Crippen molar-refractivity contribution in [1.29, 1.82) is 0 Å². The van der Waals surface area contributed by atoms with Crippen LogP contribution >= 0.6 is 11.6 Å². The van der Waals surface area contributed by atoms with Gasteiger partial charge < -0.3 is 10.0 Å². The molecule has 1 aliphatic heterocycles. The molecule has 1 fully saturated rings. The SMILES string of the molecule is O=C(O)C1CCCN(c2ncc(Cl)cc2F)C1. The second kappa shape index (κ2) is 4.87. The van der Waals surface area contributed by atoms with Crippen molar-refractivity contribution in [1.82, 2.24) is 4.98 Å². The summed E-state index contributed by atoms with van der Waals surface area (Å²) in [6.45, 7) is 0.913. The number of aliphatic carboxylic acids is 1. The molecule has 0 saturated carbocycles. The number of hydrogen-bond acceptors (Lipinski definition) is 3. The Hall–Kier alpha value is -1.36. The van der Waals surface area contributed by atoms with Gasteiger partial charge in [-0.05, 0) is 18.9 Å². The molecule has 2 heterocycles. The van der Waals surface area contributed by atoms with Crippen LogP contribution in [0, 0.1) is 11.7 Å². The molecule has 1 atom stereocenters. The normalized spacial score (nSPS) is 20.4. The van der Waals surface area contributed by atoms with Crippen LogP contribution in [0.4, 0.5) is 10.2 Å². The number of hydrogen-bond donors (Lipinski definition) is 1. The predicted molar refractivity (Wildman–Crippen MR) is 61.8 cm³/mol. The summed E-state index contributed by atoms with van der Waals surface area (Å²) in [6.07, 6.45) is 2.71. The average Bonchev–Trinajstić information content (AvgIpc) is 2.29. The highest BCUT2D eigenvalue weighted by atomic mass is 35.5. The zero-order valence-corrected chi connectivity index (χ0v) is 9.82. The third kappa shape index (κ3) is 2.66. The molecule has 1 saturated heterocycles. The van der Waals surface area contributed by atoms with E-state index in [9.17, 15) is 9.18 Å². The topological polar surface area (TPSA) is 53.4 Å². The van der Waals surface area contributed by atoms with Crippen molar-refractivity contribution in [3.8, 4) is 0 Å². The highest BCUT2D eigenvalue weighted by molar-refractivity contribution is 6.30. The van der Waals surface area contributed by atoms with Gasteiger partial charge in [0.2, 0.25) is 0 Å². The minimum Gasteiger partial charge on any atom is -0.481 e. The molecular formula is C11H12ClFN2O2. The van der Waals surface area contributed by atoms with Gasteiger partial charge in [-0.1, -0.05) is 11.6 Å². The first-order chi connectivity index (χ1) is 8.08. The summed E-state index contributed by atoms with van der Waals surface area (Å²) in [7, 11) is 0. The minimum atomic E-state index is -0.843. The molecule has 0 aliphatic carbocycles. The van der Waals surface area contributed by atoms with Crippen LogP contribution in [0.5, 0.6) is 0 Å². The van der Waals surface area contributed by atoms with Crippen molar-refractivity contribution in [2.75, 3.05) is 18.0 Å². The van der Waals surface area contributed by atoms with E-state index < -0.39 is 17.7 Å². The second-order valence-electron chi connectivity index (χ2n) is 4.08. The molecule has 0 amide bonds. The van der Waals surface area contributed by atoms with E-state index in [1.54, 1.807) is 4.90 Å². The van der Waals surface area contributed by atoms with Gasteiger partial charge in [-0.3, -0.25) is 4.79 Å². The van der Waals surface area contributed by atoms with Crippen molar-refractivity contribution in [3.05, 3.63) is 23.1 Å². The average molecular weight is 259 g/mol. The molecule has 1 N–H and O–H groups in total. The molecule has 1 aliphatic rings. The number of carboxylic acids is 1. The largest absolute Gasteiger partial charge is 0.481 e. The zero-order chi connectivity index (χ0) is 12.4. The monoisotopic (exact) mass is 258 g/mol. The Bertz CT molecular complexity index is 441. The van der Waals surface area contributed by atoms with Gasteiger partial charge in [-0.15, -0.1) is 0 Å². The zero-order valence-electron chi connectivity index (χ0n) is 9.07. The third-order valence-corrected chi connectivity index (χ3v) is 3.07. The fraction of sp³-hybridized carbons (Fsp3) is 0.455. The van der Waals surface area contributed by atoms with Gasteiger partial charge in [0, 0.05) is 19.3 Å². The predicted octanol–water partition coefficient (Wildman–Crippen LogP) is 2.18. The Morgan fingerprint density at radius 1 is 1.65 bits per heavy atom. The molecule has 92 valence electrons. The van der Waals surface area contributed by atoms with Crippen LogP contribution in [-0.2, 0) is 4.79 Å². The summed E-state index contributed by atoms with van der Waals surface area (Å²) < 4.78 is 13.6. The first kappa shape index (κ1) is 12.1. The molecule has 1 unspecified atom stereocenters. The molecule has 0 radical (unpaired) electrons. The van der Waals surface area contributed by atoms with Crippen molar-refractivity contribution in [2.45, 2.75) is 12.8 Å². The molecule has 1 aromatic heterocycles. The lowest BCUT2D eigenvalue weighted by Gasteiger charge is -2.31. The number of carboxylic acid groups (broad SMARTS) is 1. The molecule has 2 rings (SSSR count). The summed E-state index contributed by atoms with van der Waals surface area (Å²) in [5.74, 6) is -1.63. The molecule has 0 bridgehead atoms. The molecule has 17 heavy (non-hydrogen) atoms. The molecule has 4 nitrogen and oxygen atoms in total. The van der Waals surface area contributed by atoms with E-state index in [4.69, 9.17) is 16.7 Å². The summed E-state index contributed by atoms with van der Waals surface area (Å²) in [6, 6.07) is 1.19. The highest BCUT2D eigenvalue weighted by Gasteiger charge is 2.27. The number of halogens is 2. The van der Waals surface area contributed by atoms with E-state index in [2.05, 4.69) is 4.98 Å². The van der Waals surface area contributed by atoms with E-state index in [1.807, 2.05) is 0 Å². The van der Waals surface area contributed by atoms with Gasteiger partial charge >= 0.3 is 5.97 Å². The standard InChI is InChI=1S/C11H12ClFN2O2/c12-8-4-9(13)10(14-5-8)15-3-1-2-7(6-15)11(16)17/h4-5,7H,1-3,6H2,(H,16,17). The van der Waals surface area contributed by atoms with Gasteiger partial charge in [0.15, 0.2) is 11.6 Å². The number of anilines is 1. The number of aromatic nitrogens is 1. The number of nitrogens with zero attached hydrogens (tertiary/aromatic N) is 2. The maximum absolute atomic E-state index is 13.6. The summed E-state index contributed by atoms with van der Waals surface area (Å²) in [5, 5.41) is 9.19. The quantitative estimate of drug-likeness (QED) is 0.883. The first-order valence-corrected chi connectivity index (χ1v) is 5.74. The van der Waals surface area contributed by atoms with Crippen LogP contribution in [0.1, 0.15) is 12.8 Å². The third-order valence-electron chi connectivity index (χ3n) is 2.86. The van der Waals surface area contributed by atoms with Gasteiger partial charge in [0.05, 0.1) is 10.9 Å². The maximum Gasteiger partial charge on any atom is 0.308 e. The van der Waals surface area contributed by atoms with Crippen molar-refractivity contribution in [2.24, 2.45) is 5.92 Å². The van der Waals surface area contributed by atoms with Crippen molar-refractivity contribution in [3.63, 3.8) is 0 Å². The second-order valence-corrected chi connectivity index (χ2v) is 4.52. The smallest absolute Gasteiger partial charge is 0.308 e. The van der Waals surface area contributed by atoms with Crippen LogP contribution in [0.2, 0.25) is 5.02 Å². The molecule has 6 heteroatoms. The van der Waals surface area contributed by atoms with E-state index in [0.717, 1.165) is 6.42 Å². The van der Waals surface area contributed by atoms with E-state index >= 15 is 0 Å². The van der Waals surface area contributed by atoms with Crippen molar-refractivity contribution >= 4 is 23.4 Å². The van der Waals surface area contributed by atoms with Gasteiger partial charge in [0.25, 0.3) is 0 Å². The van der Waals surface area contributed by atoms with Gasteiger partial charge in [-0.2, -0.15) is 0 Å². The Labute approximate surface area is 103 Å². The summed E-state index contributed by atoms with van der Waals surface area (Å²) in [5.41, 5.74) is 0. The lowest BCUT2D eigenvalue weighted by atomic mass is 9.98. The number of piperidine rings is 1. The van der Waals surface area contributed by atoms with E-state index in [0.29, 0.717) is 19.5 Å². The van der Waals surface area contributed by atoms with Crippen LogP contribution in [0.25, 0.3) is 0 Å². The number of pyridine rings is 1. The van der Waals surface area contributed by atoms with Crippen LogP contribution in [0.3, 0.4) is 0 Å². The van der Waals surface area contributed by atoms with Gasteiger partial charge in [0.1, 0.15) is 0 Å². The van der Waals surface area contributed by atoms with Crippen molar-refractivity contribution < 1.29 is 14.3 Å². The molecule has 0 spiro atoms. The first-order valence-electron chi connectivity index (χ1n) is 5.36. The summed E-state index contributed by atoms with van der Waals surface area (Å²) >= 11 is 5.62. The Morgan fingerprint density at radius 2 is 2.41 bits per heavy atom. The Morgan fingerprint density at radius 3 is 3.06 bits per heavy atom. The lowest BCUT2D eigenvalue weighted by molar-refractivity contribution is -0.141. The van der Waals surface area contributed by atoms with E-state index in [-0.39, 0.29) is 10.8 Å². The Kier molecular flexibility index (Phi) is 3.47. The molecular weight excluding hydrogens is 247 g/mol. The van der Waals surface area contributed by atoms with Crippen LogP contribution < -0.4 is 4.90 Å². The number of carbonyl (C=O) groups is 1. The lowest BCUT2D eigenvalue weighted by Crippen LogP contribution is -2.39. The highest BCUT2D eigenvalue weighted by Crippen LogP contribution is 2.25. The number of rotatable bonds is 2. The minimum absolute atomic E-state index is 0.181. The molecule has 1 aromatic rings. The van der Waals surface area contributed by atoms with Crippen LogP contribution in [-0.4, -0.2) is 29.1 Å². The fourth-order valence-electron chi connectivity index (χ4n) is 2.01.